The van der Waals surface area contributed by atoms with Gasteiger partial charge in [-0.1, -0.05) is 70.8 Å². The van der Waals surface area contributed by atoms with E-state index in [0.717, 1.165) is 43.9 Å². The fourth-order valence-corrected chi connectivity index (χ4v) is 4.68. The van der Waals surface area contributed by atoms with E-state index in [1.807, 2.05) is 47.4 Å². The highest BCUT2D eigenvalue weighted by atomic mass is 35.5. The van der Waals surface area contributed by atoms with Crippen molar-refractivity contribution in [3.63, 3.8) is 0 Å². The summed E-state index contributed by atoms with van der Waals surface area (Å²) in [5.41, 5.74) is 3.96. The first-order valence-corrected chi connectivity index (χ1v) is 12.9. The minimum absolute atomic E-state index is 0.0950. The van der Waals surface area contributed by atoms with Gasteiger partial charge in [-0.15, -0.1) is 5.10 Å². The molecule has 1 N–H and O–H groups in total. The SMILES string of the molecule is O=C(c1ccccc1)N1CCN(Cc2ccc(COc3ncc(-c4cc(Cl)c(O)c(Cl)c4)nn3)cc2)CC1. The molecular weight excluding hydrogens is 525 g/mol. The molecule has 0 aliphatic carbocycles. The smallest absolute Gasteiger partial charge is 0.336 e. The van der Waals surface area contributed by atoms with Crippen molar-refractivity contribution in [2.45, 2.75) is 13.2 Å². The third kappa shape index (κ3) is 6.22. The number of nitrogens with zero attached hydrogens (tertiary/aromatic N) is 5. The molecule has 0 saturated carbocycles. The molecule has 1 aromatic heterocycles. The number of halogens is 2. The first-order chi connectivity index (χ1) is 18.5. The number of phenolic OH excluding ortho intramolecular Hbond substituents is 1. The Morgan fingerprint density at radius 3 is 2.18 bits per heavy atom. The van der Waals surface area contributed by atoms with Gasteiger partial charge >= 0.3 is 6.01 Å². The number of carbonyl (C=O) groups excluding carboxylic acids is 1. The number of phenols is 1. The zero-order valence-corrected chi connectivity index (χ0v) is 21.9. The van der Waals surface area contributed by atoms with E-state index in [1.165, 1.54) is 11.8 Å². The van der Waals surface area contributed by atoms with Crippen molar-refractivity contribution in [2.75, 3.05) is 26.2 Å². The Morgan fingerprint density at radius 1 is 0.895 bits per heavy atom. The molecule has 2 heterocycles. The molecule has 1 fully saturated rings. The van der Waals surface area contributed by atoms with Gasteiger partial charge in [0.2, 0.25) is 0 Å². The van der Waals surface area contributed by atoms with Gasteiger partial charge < -0.3 is 14.7 Å². The van der Waals surface area contributed by atoms with Crippen LogP contribution in [0.3, 0.4) is 0 Å². The molecule has 0 unspecified atom stereocenters. The van der Waals surface area contributed by atoms with E-state index >= 15 is 0 Å². The number of benzene rings is 3. The largest absolute Gasteiger partial charge is 0.505 e. The summed E-state index contributed by atoms with van der Waals surface area (Å²) in [6.07, 6.45) is 1.51. The average Bonchev–Trinajstić information content (AvgIpc) is 2.96. The number of ether oxygens (including phenoxy) is 1. The number of hydrogen-bond donors (Lipinski definition) is 1. The van der Waals surface area contributed by atoms with Crippen LogP contribution in [0.5, 0.6) is 11.8 Å². The van der Waals surface area contributed by atoms with Gasteiger partial charge in [0, 0.05) is 43.9 Å². The second kappa shape index (κ2) is 11.8. The fourth-order valence-electron chi connectivity index (χ4n) is 4.20. The standard InChI is InChI=1S/C28H25Cl2N5O3/c29-23-14-22(15-24(30)26(23)36)25-16-31-28(33-32-25)38-18-20-8-6-19(7-9-20)17-34-10-12-35(13-11-34)27(37)21-4-2-1-3-5-21/h1-9,14-16,36H,10-13,17-18H2. The molecule has 8 nitrogen and oxygen atoms in total. The summed E-state index contributed by atoms with van der Waals surface area (Å²) in [5, 5.41) is 18.1. The summed E-state index contributed by atoms with van der Waals surface area (Å²) in [4.78, 5) is 21.1. The van der Waals surface area contributed by atoms with Crippen LogP contribution in [0, 0.1) is 0 Å². The molecule has 10 heteroatoms. The Kier molecular flexibility index (Phi) is 8.03. The topological polar surface area (TPSA) is 91.7 Å². The minimum Gasteiger partial charge on any atom is -0.505 e. The Hall–Kier alpha value is -3.72. The molecule has 0 atom stereocenters. The van der Waals surface area contributed by atoms with E-state index in [-0.39, 0.29) is 27.7 Å². The quantitative estimate of drug-likeness (QED) is 0.343. The summed E-state index contributed by atoms with van der Waals surface area (Å²) in [7, 11) is 0. The Labute approximate surface area is 230 Å². The number of carbonyl (C=O) groups is 1. The normalized spacial score (nSPS) is 13.9. The zero-order chi connectivity index (χ0) is 26.5. The van der Waals surface area contributed by atoms with Gasteiger partial charge in [0.25, 0.3) is 5.91 Å². The van der Waals surface area contributed by atoms with Gasteiger partial charge in [-0.2, -0.15) is 0 Å². The minimum atomic E-state index is -0.179. The van der Waals surface area contributed by atoms with Crippen LogP contribution in [-0.4, -0.2) is 62.2 Å². The molecule has 1 saturated heterocycles. The molecular formula is C28H25Cl2N5O3. The van der Waals surface area contributed by atoms with E-state index < -0.39 is 0 Å². The Morgan fingerprint density at radius 2 is 1.55 bits per heavy atom. The van der Waals surface area contributed by atoms with Crippen molar-refractivity contribution in [3.8, 4) is 23.0 Å². The summed E-state index contributed by atoms with van der Waals surface area (Å²) in [5.74, 6) is -0.0839. The van der Waals surface area contributed by atoms with Crippen LogP contribution in [0.1, 0.15) is 21.5 Å². The summed E-state index contributed by atoms with van der Waals surface area (Å²) >= 11 is 12.0. The maximum atomic E-state index is 12.6. The van der Waals surface area contributed by atoms with E-state index in [9.17, 15) is 9.90 Å². The van der Waals surface area contributed by atoms with Gasteiger partial charge in [0.15, 0.2) is 5.75 Å². The van der Waals surface area contributed by atoms with Crippen LogP contribution >= 0.6 is 23.2 Å². The molecule has 0 bridgehead atoms. The predicted octanol–water partition coefficient (Wildman–Crippen LogP) is 5.09. The number of rotatable bonds is 7. The van der Waals surface area contributed by atoms with E-state index in [1.54, 1.807) is 12.1 Å². The number of aromatic hydroxyl groups is 1. The second-order valence-electron chi connectivity index (χ2n) is 8.95. The van der Waals surface area contributed by atoms with Crippen molar-refractivity contribution >= 4 is 29.1 Å². The van der Waals surface area contributed by atoms with E-state index in [4.69, 9.17) is 27.9 Å². The van der Waals surface area contributed by atoms with Crippen LogP contribution in [0.15, 0.2) is 72.9 Å². The second-order valence-corrected chi connectivity index (χ2v) is 9.77. The van der Waals surface area contributed by atoms with Crippen LogP contribution in [0.25, 0.3) is 11.3 Å². The lowest BCUT2D eigenvalue weighted by Crippen LogP contribution is -2.48. The third-order valence-corrected chi connectivity index (χ3v) is 6.91. The monoisotopic (exact) mass is 549 g/mol. The fraction of sp³-hybridized carbons (Fsp3) is 0.214. The molecule has 3 aromatic carbocycles. The van der Waals surface area contributed by atoms with Crippen LogP contribution < -0.4 is 4.74 Å². The van der Waals surface area contributed by atoms with Gasteiger partial charge in [0.1, 0.15) is 12.3 Å². The highest BCUT2D eigenvalue weighted by Gasteiger charge is 2.22. The van der Waals surface area contributed by atoms with Gasteiger partial charge in [-0.05, 0) is 35.4 Å². The number of aromatic nitrogens is 3. The number of piperazine rings is 1. The summed E-state index contributed by atoms with van der Waals surface area (Å²) in [6, 6.07) is 20.9. The third-order valence-electron chi connectivity index (χ3n) is 6.33. The van der Waals surface area contributed by atoms with Crippen molar-refractivity contribution < 1.29 is 14.6 Å². The molecule has 0 spiro atoms. The molecule has 38 heavy (non-hydrogen) atoms. The first-order valence-electron chi connectivity index (χ1n) is 12.1. The van der Waals surface area contributed by atoms with Crippen molar-refractivity contribution in [1.29, 1.82) is 0 Å². The lowest BCUT2D eigenvalue weighted by Gasteiger charge is -2.34. The molecule has 194 valence electrons. The molecule has 1 aliphatic rings. The maximum Gasteiger partial charge on any atom is 0.336 e. The summed E-state index contributed by atoms with van der Waals surface area (Å²) < 4.78 is 5.69. The van der Waals surface area contributed by atoms with E-state index in [0.29, 0.717) is 17.9 Å². The van der Waals surface area contributed by atoms with Crippen molar-refractivity contribution in [2.24, 2.45) is 0 Å². The highest BCUT2D eigenvalue weighted by molar-refractivity contribution is 6.37. The maximum absolute atomic E-state index is 12.6. The highest BCUT2D eigenvalue weighted by Crippen LogP contribution is 2.35. The lowest BCUT2D eigenvalue weighted by molar-refractivity contribution is 0.0628. The molecule has 1 amide bonds. The number of amides is 1. The molecule has 5 rings (SSSR count). The molecule has 4 aromatic rings. The first kappa shape index (κ1) is 25.9. The summed E-state index contributed by atoms with van der Waals surface area (Å²) in [6.45, 7) is 4.25. The van der Waals surface area contributed by atoms with Gasteiger partial charge in [0.05, 0.1) is 16.2 Å². The van der Waals surface area contributed by atoms with Gasteiger partial charge in [-0.3, -0.25) is 9.69 Å². The van der Waals surface area contributed by atoms with E-state index in [2.05, 4.69) is 32.2 Å². The van der Waals surface area contributed by atoms with Crippen LogP contribution in [0.2, 0.25) is 10.0 Å². The van der Waals surface area contributed by atoms with Crippen LogP contribution in [0.4, 0.5) is 0 Å². The van der Waals surface area contributed by atoms with Crippen LogP contribution in [-0.2, 0) is 13.2 Å². The zero-order valence-electron chi connectivity index (χ0n) is 20.4. The Balaban J connectivity index is 1.10. The number of hydrogen-bond acceptors (Lipinski definition) is 7. The van der Waals surface area contributed by atoms with Crippen molar-refractivity contribution in [1.82, 2.24) is 25.0 Å². The Bertz CT molecular complexity index is 1370. The molecule has 0 radical (unpaired) electrons. The van der Waals surface area contributed by atoms with Gasteiger partial charge in [-0.25, -0.2) is 4.98 Å². The lowest BCUT2D eigenvalue weighted by atomic mass is 10.1. The molecule has 1 aliphatic heterocycles. The van der Waals surface area contributed by atoms with Crippen molar-refractivity contribution in [3.05, 3.63) is 99.7 Å². The average molecular weight is 550 g/mol. The predicted molar refractivity (Wildman–Crippen MR) is 145 cm³/mol.